The first-order chi connectivity index (χ1) is 21.3. The summed E-state index contributed by atoms with van der Waals surface area (Å²) < 4.78 is 62.5. The van der Waals surface area contributed by atoms with Gasteiger partial charge in [0.1, 0.15) is 11.6 Å². The molecule has 2 aliphatic heterocycles. The lowest BCUT2D eigenvalue weighted by atomic mass is 9.97. The van der Waals surface area contributed by atoms with Crippen LogP contribution in [0.15, 0.2) is 65.6 Å². The van der Waals surface area contributed by atoms with E-state index in [-0.39, 0.29) is 42.8 Å². The molecule has 13 heteroatoms. The van der Waals surface area contributed by atoms with E-state index in [2.05, 4.69) is 15.2 Å². The number of aromatic nitrogens is 1. The summed E-state index contributed by atoms with van der Waals surface area (Å²) in [5, 5.41) is 2.56. The van der Waals surface area contributed by atoms with Gasteiger partial charge in [0, 0.05) is 56.1 Å². The van der Waals surface area contributed by atoms with Gasteiger partial charge in [0.25, 0.3) is 5.91 Å². The van der Waals surface area contributed by atoms with Crippen molar-refractivity contribution >= 4 is 28.9 Å². The third-order valence-corrected chi connectivity index (χ3v) is 8.27. The van der Waals surface area contributed by atoms with Crippen molar-refractivity contribution in [1.82, 2.24) is 14.8 Å². The largest absolute Gasteiger partial charge is 0.417 e. The van der Waals surface area contributed by atoms with Crippen LogP contribution in [0.25, 0.3) is 5.57 Å². The number of carbonyl (C=O) groups is 2. The van der Waals surface area contributed by atoms with Gasteiger partial charge in [0.05, 0.1) is 22.5 Å². The Bertz CT molecular complexity index is 1660. The number of piperazine rings is 1. The maximum absolute atomic E-state index is 15.8. The molecule has 2 amide bonds. The topological polar surface area (TPSA) is 98.0 Å². The average Bonchev–Trinajstić information content (AvgIpc) is 3.00. The van der Waals surface area contributed by atoms with Gasteiger partial charge in [0.2, 0.25) is 5.56 Å². The lowest BCUT2D eigenvalue weighted by Gasteiger charge is -2.44. The van der Waals surface area contributed by atoms with Crippen LogP contribution in [0.3, 0.4) is 0 Å². The third-order valence-electron chi connectivity index (χ3n) is 8.27. The lowest BCUT2D eigenvalue weighted by Crippen LogP contribution is -2.55. The van der Waals surface area contributed by atoms with Crippen LogP contribution in [0.4, 0.5) is 33.7 Å². The number of halogens is 4. The molecule has 1 saturated heterocycles. The van der Waals surface area contributed by atoms with Gasteiger partial charge in [-0.1, -0.05) is 24.3 Å². The molecular formula is C32H33F4N5O4. The second-order valence-electron chi connectivity index (χ2n) is 11.3. The molecule has 0 unspecified atom stereocenters. The molecule has 45 heavy (non-hydrogen) atoms. The molecule has 0 bridgehead atoms. The van der Waals surface area contributed by atoms with Gasteiger partial charge in [-0.2, -0.15) is 13.2 Å². The number of H-pyrrole nitrogens is 1. The predicted molar refractivity (Wildman–Crippen MR) is 162 cm³/mol. The Morgan fingerprint density at radius 2 is 1.73 bits per heavy atom. The van der Waals surface area contributed by atoms with Crippen molar-refractivity contribution in [1.29, 1.82) is 0 Å². The van der Waals surface area contributed by atoms with Crippen LogP contribution in [0.2, 0.25) is 0 Å². The van der Waals surface area contributed by atoms with E-state index in [9.17, 15) is 27.6 Å². The fourth-order valence-electron chi connectivity index (χ4n) is 5.59. The molecule has 2 N–H and O–H groups in total. The number of nitrogens with one attached hydrogen (secondary N) is 2. The van der Waals surface area contributed by atoms with Gasteiger partial charge in [-0.15, -0.1) is 0 Å². The van der Waals surface area contributed by atoms with Crippen molar-refractivity contribution in [3.63, 3.8) is 0 Å². The predicted octanol–water partition coefficient (Wildman–Crippen LogP) is 5.60. The summed E-state index contributed by atoms with van der Waals surface area (Å²) in [6, 6.07) is 11.8. The summed E-state index contributed by atoms with van der Waals surface area (Å²) in [6.45, 7) is 5.35. The second kappa shape index (κ2) is 12.8. The number of benzene rings is 2. The molecular weight excluding hydrogens is 594 g/mol. The van der Waals surface area contributed by atoms with Crippen LogP contribution < -0.4 is 20.5 Å². The number of para-hydroxylation sites is 1. The quantitative estimate of drug-likeness (QED) is 0.358. The minimum absolute atomic E-state index is 0.0683. The van der Waals surface area contributed by atoms with E-state index in [4.69, 9.17) is 4.74 Å². The summed E-state index contributed by atoms with van der Waals surface area (Å²) in [4.78, 5) is 45.3. The van der Waals surface area contributed by atoms with Crippen molar-refractivity contribution in [3.8, 4) is 5.75 Å². The van der Waals surface area contributed by atoms with Crippen molar-refractivity contribution in [2.24, 2.45) is 0 Å². The van der Waals surface area contributed by atoms with E-state index < -0.39 is 40.7 Å². The zero-order valence-electron chi connectivity index (χ0n) is 25.0. The molecule has 0 radical (unpaired) electrons. The maximum atomic E-state index is 15.8. The van der Waals surface area contributed by atoms with E-state index in [0.29, 0.717) is 36.2 Å². The second-order valence-corrected chi connectivity index (χ2v) is 11.3. The number of likely N-dealkylation sites (N-methyl/N-ethyl adjacent to an activating group) is 1. The highest BCUT2D eigenvalue weighted by molar-refractivity contribution is 6.07. The number of ether oxygens (including phenoxy) is 1. The highest BCUT2D eigenvalue weighted by Gasteiger charge is 2.36. The Hall–Kier alpha value is -4.65. The number of aromatic amines is 1. The summed E-state index contributed by atoms with van der Waals surface area (Å²) in [6.07, 6.45) is -2.84. The van der Waals surface area contributed by atoms with E-state index in [1.54, 1.807) is 36.4 Å². The maximum Gasteiger partial charge on any atom is 0.417 e. The number of alkyl halides is 3. The van der Waals surface area contributed by atoms with Crippen molar-refractivity contribution in [3.05, 3.63) is 93.7 Å². The molecule has 1 fully saturated rings. The molecule has 0 spiro atoms. The fourth-order valence-corrected chi connectivity index (χ4v) is 5.59. The summed E-state index contributed by atoms with van der Waals surface area (Å²) in [5.41, 5.74) is -2.01. The highest BCUT2D eigenvalue weighted by atomic mass is 19.4. The van der Waals surface area contributed by atoms with Gasteiger partial charge in [0.15, 0.2) is 0 Å². The van der Waals surface area contributed by atoms with Crippen LogP contribution in [-0.2, 0) is 6.18 Å². The molecule has 2 aromatic carbocycles. The number of amides is 2. The van der Waals surface area contributed by atoms with E-state index in [1.807, 2.05) is 25.8 Å². The zero-order valence-corrected chi connectivity index (χ0v) is 25.0. The Labute approximate surface area is 257 Å². The van der Waals surface area contributed by atoms with Crippen molar-refractivity contribution in [2.75, 3.05) is 43.4 Å². The summed E-state index contributed by atoms with van der Waals surface area (Å²) >= 11 is 0. The number of nitrogens with zero attached hydrogens (tertiary/aromatic N) is 3. The van der Waals surface area contributed by atoms with Gasteiger partial charge < -0.3 is 24.8 Å². The first-order valence-corrected chi connectivity index (χ1v) is 14.4. The SMILES string of the molecule is C[C@@H]1CN(c2cc(F)c(C3=CCN(C(=O)Oc4ccccc4)CC3)cc2NC(=O)c2c[nH]c(=O)cc2C(F)(F)F)C[C@H](C)N1C. The molecule has 0 saturated carbocycles. The van der Waals surface area contributed by atoms with E-state index in [1.165, 1.54) is 17.0 Å². The first kappa shape index (κ1) is 31.8. The molecule has 5 rings (SSSR count). The molecule has 9 nitrogen and oxygen atoms in total. The monoisotopic (exact) mass is 627 g/mol. The fraction of sp³-hybridized carbons (Fsp3) is 0.344. The number of carbonyl (C=O) groups excluding carboxylic acids is 2. The van der Waals surface area contributed by atoms with Crippen LogP contribution in [0, 0.1) is 5.82 Å². The van der Waals surface area contributed by atoms with Gasteiger partial charge >= 0.3 is 12.3 Å². The van der Waals surface area contributed by atoms with E-state index in [0.717, 1.165) is 6.20 Å². The molecule has 3 heterocycles. The lowest BCUT2D eigenvalue weighted by molar-refractivity contribution is -0.138. The third kappa shape index (κ3) is 7.03. The number of hydrogen-bond donors (Lipinski definition) is 2. The molecule has 3 aromatic rings. The smallest absolute Gasteiger partial charge is 0.410 e. The normalized spacial score (nSPS) is 19.2. The summed E-state index contributed by atoms with van der Waals surface area (Å²) in [5.74, 6) is -1.29. The van der Waals surface area contributed by atoms with Crippen molar-refractivity contribution in [2.45, 2.75) is 38.5 Å². The minimum Gasteiger partial charge on any atom is -0.410 e. The minimum atomic E-state index is -4.96. The van der Waals surface area contributed by atoms with Crippen LogP contribution in [0.5, 0.6) is 5.75 Å². The number of pyridine rings is 1. The van der Waals surface area contributed by atoms with Gasteiger partial charge in [-0.25, -0.2) is 9.18 Å². The molecule has 238 valence electrons. The highest BCUT2D eigenvalue weighted by Crippen LogP contribution is 2.37. The molecule has 1 aromatic heterocycles. The molecule has 2 atom stereocenters. The molecule has 0 aliphatic carbocycles. The standard InChI is InChI=1S/C32H33F4N5O4/c1-19-17-41(18-20(2)39(19)3)28-15-26(33)23(21-9-11-40(12-10-21)31(44)45-22-7-5-4-6-8-22)13-27(28)38-30(43)24-16-37-29(42)14-25(24)32(34,35)36/h4-9,13-16,19-20H,10-12,17-18H2,1-3H3,(H,37,42)(H,38,43)/t19-,20+. The Kier molecular flexibility index (Phi) is 9.01. The summed E-state index contributed by atoms with van der Waals surface area (Å²) in [7, 11) is 1.97. The first-order valence-electron chi connectivity index (χ1n) is 14.4. The van der Waals surface area contributed by atoms with Gasteiger partial charge in [-0.3, -0.25) is 14.5 Å². The number of hydrogen-bond acceptors (Lipinski definition) is 6. The van der Waals surface area contributed by atoms with Crippen LogP contribution >= 0.6 is 0 Å². The van der Waals surface area contributed by atoms with E-state index >= 15 is 4.39 Å². The number of anilines is 2. The zero-order chi connectivity index (χ0) is 32.5. The Balaban J connectivity index is 1.47. The van der Waals surface area contributed by atoms with Crippen LogP contribution in [0.1, 0.15) is 41.8 Å². The molecule has 2 aliphatic rings. The Morgan fingerprint density at radius 3 is 2.36 bits per heavy atom. The van der Waals surface area contributed by atoms with Crippen LogP contribution in [-0.4, -0.2) is 72.1 Å². The number of rotatable bonds is 5. The van der Waals surface area contributed by atoms with Gasteiger partial charge in [-0.05, 0) is 57.2 Å². The average molecular weight is 628 g/mol. The van der Waals surface area contributed by atoms with Crippen molar-refractivity contribution < 1.29 is 31.9 Å². The Morgan fingerprint density at radius 1 is 1.04 bits per heavy atom.